The zero-order valence-corrected chi connectivity index (χ0v) is 13.9. The molecule has 0 fully saturated rings. The Labute approximate surface area is 130 Å². The molecule has 0 bridgehead atoms. The summed E-state index contributed by atoms with van der Waals surface area (Å²) in [4.78, 5) is 4.61. The molecule has 0 amide bonds. The van der Waals surface area contributed by atoms with Crippen LogP contribution < -0.4 is 9.80 Å². The minimum atomic E-state index is 0.197. The second-order valence-corrected chi connectivity index (χ2v) is 6.43. The van der Waals surface area contributed by atoms with Crippen molar-refractivity contribution in [3.05, 3.63) is 57.0 Å². The summed E-state index contributed by atoms with van der Waals surface area (Å²) in [6, 6.07) is 14.7. The first-order valence-electron chi connectivity index (χ1n) is 6.10. The maximum atomic E-state index is 3.67. The average Bonchev–Trinajstić information content (AvgIpc) is 2.64. The van der Waals surface area contributed by atoms with Crippen LogP contribution in [0.2, 0.25) is 0 Å². The van der Waals surface area contributed by atoms with E-state index in [-0.39, 0.29) is 6.17 Å². The van der Waals surface area contributed by atoms with Crippen LogP contribution in [-0.4, -0.2) is 14.1 Å². The average molecular weight is 382 g/mol. The summed E-state index contributed by atoms with van der Waals surface area (Å²) in [6.07, 6.45) is 0.197. The fourth-order valence-corrected chi connectivity index (χ4v) is 4.14. The molecule has 0 aliphatic carbocycles. The summed E-state index contributed by atoms with van der Waals surface area (Å²) in [6.45, 7) is 0. The van der Waals surface area contributed by atoms with Crippen LogP contribution in [0.15, 0.2) is 51.4 Å². The zero-order valence-electron chi connectivity index (χ0n) is 10.8. The van der Waals surface area contributed by atoms with Gasteiger partial charge in [0.25, 0.3) is 0 Å². The summed E-state index contributed by atoms with van der Waals surface area (Å²) in [7, 11) is 4.28. The molecular formula is C15H14Br2N2. The van der Waals surface area contributed by atoms with Crippen molar-refractivity contribution in [3.8, 4) is 0 Å². The molecule has 1 heterocycles. The fraction of sp³-hybridized carbons (Fsp3) is 0.200. The Kier molecular flexibility index (Phi) is 3.31. The standard InChI is InChI=1S/C15H14Br2N2/c1-18-12-8-3-4-9-13(12)19(2)15(18)14-10(16)6-5-7-11(14)17/h3-9,15H,1-2H3. The van der Waals surface area contributed by atoms with E-state index in [9.17, 15) is 0 Å². The first kappa shape index (κ1) is 13.0. The number of halogens is 2. The van der Waals surface area contributed by atoms with E-state index in [1.54, 1.807) is 0 Å². The van der Waals surface area contributed by atoms with Crippen molar-refractivity contribution >= 4 is 43.2 Å². The van der Waals surface area contributed by atoms with Crippen molar-refractivity contribution in [2.45, 2.75) is 6.17 Å². The second kappa shape index (κ2) is 4.84. The summed E-state index contributed by atoms with van der Waals surface area (Å²) in [5.74, 6) is 0. The minimum absolute atomic E-state index is 0.197. The Morgan fingerprint density at radius 1 is 0.789 bits per heavy atom. The molecular weight excluding hydrogens is 368 g/mol. The highest BCUT2D eigenvalue weighted by Crippen LogP contribution is 2.47. The molecule has 0 radical (unpaired) electrons. The fourth-order valence-electron chi connectivity index (χ4n) is 2.73. The molecule has 98 valence electrons. The van der Waals surface area contributed by atoms with Crippen LogP contribution in [0.3, 0.4) is 0 Å². The molecule has 0 spiro atoms. The quantitative estimate of drug-likeness (QED) is 0.700. The van der Waals surface area contributed by atoms with Gasteiger partial charge in [-0.05, 0) is 24.3 Å². The third kappa shape index (κ3) is 1.98. The largest absolute Gasteiger partial charge is 0.349 e. The van der Waals surface area contributed by atoms with E-state index >= 15 is 0 Å². The van der Waals surface area contributed by atoms with E-state index in [4.69, 9.17) is 0 Å². The molecule has 1 aliphatic heterocycles. The number of rotatable bonds is 1. The van der Waals surface area contributed by atoms with Gasteiger partial charge in [-0.25, -0.2) is 0 Å². The molecule has 2 aromatic rings. The maximum absolute atomic E-state index is 3.67. The van der Waals surface area contributed by atoms with Gasteiger partial charge < -0.3 is 9.80 Å². The summed E-state index contributed by atoms with van der Waals surface area (Å²) in [5, 5.41) is 0. The highest BCUT2D eigenvalue weighted by molar-refractivity contribution is 9.11. The normalized spacial score (nSPS) is 14.9. The van der Waals surface area contributed by atoms with Crippen LogP contribution in [0.4, 0.5) is 11.4 Å². The lowest BCUT2D eigenvalue weighted by atomic mass is 10.1. The van der Waals surface area contributed by atoms with E-state index in [1.165, 1.54) is 16.9 Å². The van der Waals surface area contributed by atoms with Gasteiger partial charge in [-0.2, -0.15) is 0 Å². The van der Waals surface area contributed by atoms with Crippen molar-refractivity contribution in [1.29, 1.82) is 0 Å². The first-order chi connectivity index (χ1) is 9.11. The molecule has 0 aromatic heterocycles. The lowest BCUT2D eigenvalue weighted by molar-refractivity contribution is 0.688. The number of para-hydroxylation sites is 2. The van der Waals surface area contributed by atoms with Crippen molar-refractivity contribution < 1.29 is 0 Å². The monoisotopic (exact) mass is 380 g/mol. The van der Waals surface area contributed by atoms with Gasteiger partial charge in [-0.15, -0.1) is 0 Å². The number of fused-ring (bicyclic) bond motifs is 1. The zero-order chi connectivity index (χ0) is 13.6. The van der Waals surface area contributed by atoms with Gasteiger partial charge in [-0.1, -0.05) is 50.1 Å². The van der Waals surface area contributed by atoms with Crippen LogP contribution in [0, 0.1) is 0 Å². The highest BCUT2D eigenvalue weighted by Gasteiger charge is 2.34. The molecule has 0 N–H and O–H groups in total. The number of nitrogens with zero attached hydrogens (tertiary/aromatic N) is 2. The lowest BCUT2D eigenvalue weighted by Gasteiger charge is -2.30. The predicted molar refractivity (Wildman–Crippen MR) is 87.8 cm³/mol. The van der Waals surface area contributed by atoms with Crippen LogP contribution >= 0.6 is 31.9 Å². The van der Waals surface area contributed by atoms with Crippen LogP contribution in [0.25, 0.3) is 0 Å². The van der Waals surface area contributed by atoms with Gasteiger partial charge in [0.2, 0.25) is 0 Å². The van der Waals surface area contributed by atoms with Gasteiger partial charge in [0.1, 0.15) is 6.17 Å². The summed E-state index contributed by atoms with van der Waals surface area (Å²) >= 11 is 7.35. The molecule has 0 atom stereocenters. The van der Waals surface area contributed by atoms with Gasteiger partial charge in [-0.3, -0.25) is 0 Å². The molecule has 3 rings (SSSR count). The summed E-state index contributed by atoms with van der Waals surface area (Å²) < 4.78 is 2.25. The van der Waals surface area contributed by atoms with E-state index in [0.29, 0.717) is 0 Å². The second-order valence-electron chi connectivity index (χ2n) is 4.72. The highest BCUT2D eigenvalue weighted by atomic mass is 79.9. The van der Waals surface area contributed by atoms with Gasteiger partial charge in [0.15, 0.2) is 0 Å². The Morgan fingerprint density at radius 2 is 1.26 bits per heavy atom. The van der Waals surface area contributed by atoms with Gasteiger partial charge in [0.05, 0.1) is 11.4 Å². The van der Waals surface area contributed by atoms with Crippen LogP contribution in [-0.2, 0) is 0 Å². The molecule has 0 saturated heterocycles. The Morgan fingerprint density at radius 3 is 1.74 bits per heavy atom. The lowest BCUT2D eigenvalue weighted by Crippen LogP contribution is -2.31. The van der Waals surface area contributed by atoms with Gasteiger partial charge in [0, 0.05) is 28.6 Å². The van der Waals surface area contributed by atoms with Crippen molar-refractivity contribution in [1.82, 2.24) is 0 Å². The van der Waals surface area contributed by atoms with E-state index < -0.39 is 0 Å². The SMILES string of the molecule is CN1c2ccccc2N(C)C1c1c(Br)cccc1Br. The topological polar surface area (TPSA) is 6.48 Å². The molecule has 2 aromatic carbocycles. The van der Waals surface area contributed by atoms with E-state index in [1.807, 2.05) is 6.07 Å². The van der Waals surface area contributed by atoms with Crippen molar-refractivity contribution in [2.75, 3.05) is 23.9 Å². The number of hydrogen-bond donors (Lipinski definition) is 0. The molecule has 0 saturated carbocycles. The molecule has 2 nitrogen and oxygen atoms in total. The molecule has 4 heteroatoms. The Balaban J connectivity index is 2.14. The third-order valence-corrected chi connectivity index (χ3v) is 5.02. The number of anilines is 2. The smallest absolute Gasteiger partial charge is 0.130 e. The van der Waals surface area contributed by atoms with Crippen molar-refractivity contribution in [3.63, 3.8) is 0 Å². The number of benzene rings is 2. The molecule has 0 unspecified atom stereocenters. The Bertz CT molecular complexity index is 578. The van der Waals surface area contributed by atoms with Crippen molar-refractivity contribution in [2.24, 2.45) is 0 Å². The van der Waals surface area contributed by atoms with Crippen LogP contribution in [0.5, 0.6) is 0 Å². The maximum Gasteiger partial charge on any atom is 0.130 e. The summed E-state index contributed by atoms with van der Waals surface area (Å²) in [5.41, 5.74) is 3.78. The third-order valence-electron chi connectivity index (χ3n) is 3.63. The van der Waals surface area contributed by atoms with Crippen LogP contribution in [0.1, 0.15) is 11.7 Å². The van der Waals surface area contributed by atoms with E-state index in [2.05, 4.69) is 92.2 Å². The number of hydrogen-bond acceptors (Lipinski definition) is 2. The predicted octanol–water partition coefficient (Wildman–Crippen LogP) is 4.80. The Hall–Kier alpha value is -1.000. The minimum Gasteiger partial charge on any atom is -0.349 e. The van der Waals surface area contributed by atoms with E-state index in [0.717, 1.165) is 8.95 Å². The first-order valence-corrected chi connectivity index (χ1v) is 7.68. The van der Waals surface area contributed by atoms with Gasteiger partial charge >= 0.3 is 0 Å². The molecule has 1 aliphatic rings. The molecule has 19 heavy (non-hydrogen) atoms.